The van der Waals surface area contributed by atoms with E-state index in [0.29, 0.717) is 42.0 Å². The van der Waals surface area contributed by atoms with Crippen molar-refractivity contribution in [1.82, 2.24) is 15.4 Å². The quantitative estimate of drug-likeness (QED) is 0.656. The molecule has 0 unspecified atom stereocenters. The van der Waals surface area contributed by atoms with Gasteiger partial charge in [0.2, 0.25) is 5.91 Å². The van der Waals surface area contributed by atoms with Crippen LogP contribution in [0.5, 0.6) is 0 Å². The normalized spacial score (nSPS) is 18.4. The first kappa shape index (κ1) is 20.9. The minimum absolute atomic E-state index is 0.0154. The van der Waals surface area contributed by atoms with E-state index in [9.17, 15) is 9.59 Å². The van der Waals surface area contributed by atoms with Crippen LogP contribution in [0.3, 0.4) is 0 Å². The highest BCUT2D eigenvalue weighted by atomic mass is 35.5. The van der Waals surface area contributed by atoms with Crippen molar-refractivity contribution in [2.45, 2.75) is 38.2 Å². The van der Waals surface area contributed by atoms with Crippen molar-refractivity contribution >= 4 is 23.4 Å². The molecule has 2 heterocycles. The molecule has 1 N–H and O–H groups in total. The zero-order valence-corrected chi connectivity index (χ0v) is 17.6. The molecule has 8 heteroatoms. The van der Waals surface area contributed by atoms with Crippen molar-refractivity contribution in [3.8, 4) is 11.3 Å². The Morgan fingerprint density at radius 3 is 2.80 bits per heavy atom. The van der Waals surface area contributed by atoms with Crippen LogP contribution in [-0.4, -0.2) is 54.2 Å². The van der Waals surface area contributed by atoms with Crippen LogP contribution in [0.15, 0.2) is 34.9 Å². The summed E-state index contributed by atoms with van der Waals surface area (Å²) in [5, 5.41) is 7.43. The van der Waals surface area contributed by atoms with Gasteiger partial charge in [0.15, 0.2) is 11.5 Å². The van der Waals surface area contributed by atoms with Gasteiger partial charge < -0.3 is 19.5 Å². The minimum atomic E-state index is -0.275. The maximum absolute atomic E-state index is 13.1. The Morgan fingerprint density at radius 1 is 1.23 bits per heavy atom. The van der Waals surface area contributed by atoms with E-state index in [1.165, 1.54) is 12.8 Å². The smallest absolute Gasteiger partial charge is 0.276 e. The molecule has 30 heavy (non-hydrogen) atoms. The summed E-state index contributed by atoms with van der Waals surface area (Å²) in [5.41, 5.74) is 0.872. The van der Waals surface area contributed by atoms with Gasteiger partial charge >= 0.3 is 0 Å². The SMILES string of the molecule is O=C(CCN(C[C@@H]1CCCO1)C(=O)c1cc(-c2ccccc2Cl)on1)NCC1CC1. The molecule has 7 nitrogen and oxygen atoms in total. The molecule has 1 saturated heterocycles. The zero-order valence-electron chi connectivity index (χ0n) is 16.8. The van der Waals surface area contributed by atoms with Crippen LogP contribution in [0.4, 0.5) is 0 Å². The van der Waals surface area contributed by atoms with E-state index >= 15 is 0 Å². The maximum atomic E-state index is 13.1. The zero-order chi connectivity index (χ0) is 20.9. The summed E-state index contributed by atoms with van der Waals surface area (Å²) in [6.45, 7) is 2.17. The van der Waals surface area contributed by atoms with E-state index in [1.807, 2.05) is 18.2 Å². The number of hydrogen-bond acceptors (Lipinski definition) is 5. The van der Waals surface area contributed by atoms with E-state index in [0.717, 1.165) is 19.4 Å². The molecule has 1 aliphatic heterocycles. The van der Waals surface area contributed by atoms with Crippen LogP contribution in [0.1, 0.15) is 42.6 Å². The van der Waals surface area contributed by atoms with Gasteiger partial charge in [0, 0.05) is 44.3 Å². The Kier molecular flexibility index (Phi) is 6.69. The molecule has 160 valence electrons. The summed E-state index contributed by atoms with van der Waals surface area (Å²) >= 11 is 6.22. The fourth-order valence-electron chi connectivity index (χ4n) is 3.54. The number of carbonyl (C=O) groups is 2. The van der Waals surface area contributed by atoms with Crippen LogP contribution >= 0.6 is 11.6 Å². The number of hydrogen-bond donors (Lipinski definition) is 1. The molecular weight excluding hydrogens is 406 g/mol. The summed E-state index contributed by atoms with van der Waals surface area (Å²) < 4.78 is 11.1. The van der Waals surface area contributed by atoms with Gasteiger partial charge in [-0.3, -0.25) is 9.59 Å². The molecule has 1 aromatic heterocycles. The van der Waals surface area contributed by atoms with Crippen LogP contribution in [-0.2, 0) is 9.53 Å². The summed E-state index contributed by atoms with van der Waals surface area (Å²) in [4.78, 5) is 26.9. The van der Waals surface area contributed by atoms with Gasteiger partial charge in [0.05, 0.1) is 11.1 Å². The largest absolute Gasteiger partial charge is 0.376 e. The summed E-state index contributed by atoms with van der Waals surface area (Å²) in [6, 6.07) is 8.83. The minimum Gasteiger partial charge on any atom is -0.376 e. The number of carbonyl (C=O) groups excluding carboxylic acids is 2. The van der Waals surface area contributed by atoms with E-state index < -0.39 is 0 Å². The fraction of sp³-hybridized carbons (Fsp3) is 0.500. The molecule has 2 aliphatic rings. The molecule has 1 saturated carbocycles. The second-order valence-corrected chi connectivity index (χ2v) is 8.35. The standard InChI is InChI=1S/C22H26ClN3O4/c23-18-6-2-1-5-17(18)20-12-19(25-30-20)22(28)26(14-16-4-3-11-29-16)10-9-21(27)24-13-15-7-8-15/h1-2,5-6,12,15-16H,3-4,7-11,13-14H2,(H,24,27)/t16-/m0/s1. The molecule has 0 bridgehead atoms. The van der Waals surface area contributed by atoms with Crippen LogP contribution < -0.4 is 5.32 Å². The number of amides is 2. The van der Waals surface area contributed by atoms with Crippen molar-refractivity contribution in [3.05, 3.63) is 41.0 Å². The number of benzene rings is 1. The molecule has 2 amide bonds. The molecule has 1 atom stereocenters. The molecule has 1 aromatic carbocycles. The number of ether oxygens (including phenoxy) is 1. The van der Waals surface area contributed by atoms with Gasteiger partial charge in [0.25, 0.3) is 5.91 Å². The lowest BCUT2D eigenvalue weighted by molar-refractivity contribution is -0.121. The summed E-state index contributed by atoms with van der Waals surface area (Å²) in [5.74, 6) is 0.742. The van der Waals surface area contributed by atoms with Crippen molar-refractivity contribution < 1.29 is 18.8 Å². The second kappa shape index (κ2) is 9.62. The van der Waals surface area contributed by atoms with Gasteiger partial charge in [-0.05, 0) is 43.7 Å². The maximum Gasteiger partial charge on any atom is 0.276 e. The first-order chi connectivity index (χ1) is 14.6. The predicted molar refractivity (Wildman–Crippen MR) is 112 cm³/mol. The third-order valence-corrected chi connectivity index (χ3v) is 5.83. The molecule has 0 radical (unpaired) electrons. The lowest BCUT2D eigenvalue weighted by Crippen LogP contribution is -2.40. The van der Waals surface area contributed by atoms with Crippen molar-refractivity contribution in [3.63, 3.8) is 0 Å². The fourth-order valence-corrected chi connectivity index (χ4v) is 3.77. The molecule has 2 fully saturated rings. The summed E-state index contributed by atoms with van der Waals surface area (Å²) in [7, 11) is 0. The van der Waals surface area contributed by atoms with Crippen LogP contribution in [0.25, 0.3) is 11.3 Å². The van der Waals surface area contributed by atoms with Crippen molar-refractivity contribution in [2.24, 2.45) is 5.92 Å². The first-order valence-corrected chi connectivity index (χ1v) is 10.9. The van der Waals surface area contributed by atoms with Crippen LogP contribution in [0.2, 0.25) is 5.02 Å². The van der Waals surface area contributed by atoms with E-state index in [1.54, 1.807) is 17.0 Å². The Labute approximate surface area is 180 Å². The number of nitrogens with zero attached hydrogens (tertiary/aromatic N) is 2. The van der Waals surface area contributed by atoms with Gasteiger partial charge in [-0.1, -0.05) is 28.9 Å². The van der Waals surface area contributed by atoms with Crippen molar-refractivity contribution in [2.75, 3.05) is 26.2 Å². The number of halogens is 1. The predicted octanol–water partition coefficient (Wildman–Crippen LogP) is 3.53. The third-order valence-electron chi connectivity index (χ3n) is 5.50. The van der Waals surface area contributed by atoms with Crippen LogP contribution in [0, 0.1) is 5.92 Å². The average molecular weight is 432 g/mol. The summed E-state index contributed by atoms with van der Waals surface area (Å²) in [6.07, 6.45) is 4.49. The van der Waals surface area contributed by atoms with E-state index in [-0.39, 0.29) is 30.0 Å². The molecule has 4 rings (SSSR count). The van der Waals surface area contributed by atoms with Gasteiger partial charge in [0.1, 0.15) is 0 Å². The highest BCUT2D eigenvalue weighted by Gasteiger charge is 2.27. The third kappa shape index (κ3) is 5.40. The lowest BCUT2D eigenvalue weighted by atomic mass is 10.1. The Hall–Kier alpha value is -2.38. The molecular formula is C22H26ClN3O4. The van der Waals surface area contributed by atoms with E-state index in [2.05, 4.69) is 10.5 Å². The van der Waals surface area contributed by atoms with Gasteiger partial charge in [-0.15, -0.1) is 0 Å². The monoisotopic (exact) mass is 431 g/mol. The first-order valence-electron chi connectivity index (χ1n) is 10.5. The topological polar surface area (TPSA) is 84.7 Å². The number of nitrogens with one attached hydrogen (secondary N) is 1. The molecule has 1 aliphatic carbocycles. The number of rotatable bonds is 9. The average Bonchev–Trinajstić information content (AvgIpc) is 3.21. The second-order valence-electron chi connectivity index (χ2n) is 7.94. The number of aromatic nitrogens is 1. The Morgan fingerprint density at radius 2 is 2.07 bits per heavy atom. The Bertz CT molecular complexity index is 890. The lowest BCUT2D eigenvalue weighted by Gasteiger charge is -2.24. The van der Waals surface area contributed by atoms with Gasteiger partial charge in [-0.25, -0.2) is 0 Å². The molecule has 0 spiro atoms. The van der Waals surface area contributed by atoms with Crippen molar-refractivity contribution in [1.29, 1.82) is 0 Å². The highest BCUT2D eigenvalue weighted by molar-refractivity contribution is 6.33. The van der Waals surface area contributed by atoms with Gasteiger partial charge in [-0.2, -0.15) is 0 Å². The van der Waals surface area contributed by atoms with E-state index in [4.69, 9.17) is 20.9 Å². The molecule has 2 aromatic rings. The highest BCUT2D eigenvalue weighted by Crippen LogP contribution is 2.29. The Balaban J connectivity index is 1.43.